The van der Waals surface area contributed by atoms with E-state index >= 15 is 0 Å². The van der Waals surface area contributed by atoms with Gasteiger partial charge in [0.15, 0.2) is 0 Å². The van der Waals surface area contributed by atoms with E-state index in [1.54, 1.807) is 0 Å². The maximum Gasteiger partial charge on any atom is 0.416 e. The summed E-state index contributed by atoms with van der Waals surface area (Å²) in [6.45, 7) is 2.71. The van der Waals surface area contributed by atoms with E-state index < -0.39 is 36.7 Å². The molecule has 2 aromatic carbocycles. The summed E-state index contributed by atoms with van der Waals surface area (Å²) in [5, 5.41) is 1.74. The van der Waals surface area contributed by atoms with E-state index in [0.717, 1.165) is 56.3 Å². The van der Waals surface area contributed by atoms with Gasteiger partial charge in [0, 0.05) is 38.8 Å². The van der Waals surface area contributed by atoms with Crippen LogP contribution in [0.3, 0.4) is 0 Å². The highest BCUT2D eigenvalue weighted by Crippen LogP contribution is 2.40. The van der Waals surface area contributed by atoms with Gasteiger partial charge >= 0.3 is 6.18 Å². The molecule has 1 N–H and O–H groups in total. The summed E-state index contributed by atoms with van der Waals surface area (Å²) in [7, 11) is -3.09. The van der Waals surface area contributed by atoms with Crippen molar-refractivity contribution in [2.24, 2.45) is 5.92 Å². The minimum absolute atomic E-state index is 0.0282. The Kier molecular flexibility index (Phi) is 11.8. The fourth-order valence-electron chi connectivity index (χ4n) is 5.74. The normalized spacial score (nSPS) is 21.1. The Hall–Kier alpha value is -1.93. The number of hydrogen-bond acceptors (Lipinski definition) is 6. The number of morpholine rings is 1. The van der Waals surface area contributed by atoms with Gasteiger partial charge < -0.3 is 14.8 Å². The lowest BCUT2D eigenvalue weighted by molar-refractivity contribution is -0.137. The van der Waals surface area contributed by atoms with Crippen molar-refractivity contribution in [2.45, 2.75) is 48.8 Å². The number of halogens is 5. The Morgan fingerprint density at radius 3 is 2.28 bits per heavy atom. The molecular weight excluding hydrogens is 630 g/mol. The molecule has 0 spiro atoms. The van der Waals surface area contributed by atoms with Gasteiger partial charge in [0.2, 0.25) is 15.9 Å². The van der Waals surface area contributed by atoms with Crippen LogP contribution in [0.5, 0.6) is 0 Å². The van der Waals surface area contributed by atoms with Gasteiger partial charge in [0.25, 0.3) is 0 Å². The third-order valence-corrected chi connectivity index (χ3v) is 10.7. The lowest BCUT2D eigenvalue weighted by Gasteiger charge is -2.42. The fourth-order valence-corrected chi connectivity index (χ4v) is 8.05. The third-order valence-electron chi connectivity index (χ3n) is 7.94. The van der Waals surface area contributed by atoms with Gasteiger partial charge in [-0.15, -0.1) is 0 Å². The van der Waals surface area contributed by atoms with E-state index in [2.05, 4.69) is 34.5 Å². The average molecular weight is 667 g/mol. The van der Waals surface area contributed by atoms with Gasteiger partial charge in [-0.3, -0.25) is 9.69 Å². The topological polar surface area (TPSA) is 88.2 Å². The van der Waals surface area contributed by atoms with E-state index in [1.807, 2.05) is 6.07 Å². The monoisotopic (exact) mass is 665 g/mol. The fraction of sp³-hybridized carbons (Fsp3) is 0.552. The summed E-state index contributed by atoms with van der Waals surface area (Å²) in [5.41, 5.74) is 0.153. The van der Waals surface area contributed by atoms with Crippen molar-refractivity contribution in [1.29, 1.82) is 0 Å². The molecule has 1 atom stereocenters. The number of sulfonamides is 1. The molecule has 14 heteroatoms. The first-order valence-corrected chi connectivity index (χ1v) is 16.3. The maximum atomic E-state index is 13.0. The van der Waals surface area contributed by atoms with Crippen LogP contribution in [0.2, 0.25) is 10.0 Å². The van der Waals surface area contributed by atoms with Crippen molar-refractivity contribution >= 4 is 39.1 Å². The van der Waals surface area contributed by atoms with Gasteiger partial charge in [-0.25, -0.2) is 8.42 Å². The SMILES string of the molecule is CN(CCOCC(=O)NC1CCC(C(c2ccccc2)N2CCOCC2)CC1)S(=O)(=O)c1c(Cl)cc(C(F)(F)F)cc1Cl. The van der Waals surface area contributed by atoms with E-state index in [-0.39, 0.29) is 31.7 Å². The molecule has 2 fully saturated rings. The quantitative estimate of drug-likeness (QED) is 0.324. The average Bonchev–Trinajstić information content (AvgIpc) is 2.96. The van der Waals surface area contributed by atoms with Crippen molar-refractivity contribution in [3.8, 4) is 0 Å². The number of carbonyl (C=O) groups excluding carboxylic acids is 1. The number of likely N-dealkylation sites (N-methyl/N-ethyl adjacent to an activating group) is 1. The number of nitrogens with one attached hydrogen (secondary N) is 1. The van der Waals surface area contributed by atoms with Crippen molar-refractivity contribution in [3.63, 3.8) is 0 Å². The molecular formula is C29H36Cl2F3N3O5S. The molecule has 1 amide bonds. The lowest BCUT2D eigenvalue weighted by atomic mass is 9.78. The first-order valence-electron chi connectivity index (χ1n) is 14.1. The van der Waals surface area contributed by atoms with Crippen molar-refractivity contribution < 1.29 is 35.9 Å². The smallest absolute Gasteiger partial charge is 0.379 e. The number of rotatable bonds is 11. The second-order valence-electron chi connectivity index (χ2n) is 10.8. The summed E-state index contributed by atoms with van der Waals surface area (Å²) in [6, 6.07) is 11.9. The number of nitrogens with zero attached hydrogens (tertiary/aromatic N) is 2. The van der Waals surface area contributed by atoms with Crippen LogP contribution in [0.15, 0.2) is 47.4 Å². The highest BCUT2D eigenvalue weighted by Gasteiger charge is 2.36. The zero-order valence-corrected chi connectivity index (χ0v) is 26.1. The summed E-state index contributed by atoms with van der Waals surface area (Å²) in [4.78, 5) is 14.4. The van der Waals surface area contributed by atoms with Crippen LogP contribution >= 0.6 is 23.2 Å². The molecule has 8 nitrogen and oxygen atoms in total. The van der Waals surface area contributed by atoms with Crippen LogP contribution in [0, 0.1) is 5.92 Å². The zero-order valence-electron chi connectivity index (χ0n) is 23.8. The molecule has 4 rings (SSSR count). The first kappa shape index (κ1) is 34.0. The minimum atomic E-state index is -4.73. The molecule has 1 unspecified atom stereocenters. The first-order chi connectivity index (χ1) is 20.4. The summed E-state index contributed by atoms with van der Waals surface area (Å²) < 4.78 is 76.7. The van der Waals surface area contributed by atoms with Gasteiger partial charge in [-0.1, -0.05) is 53.5 Å². The summed E-state index contributed by atoms with van der Waals surface area (Å²) in [5.74, 6) is 0.171. The standard InChI is InChI=1S/C29H36Cl2F3N3O5S/c1-36(43(39,40)28-24(30)17-22(18-25(28)31)29(32,33)34)11-14-42-19-26(38)35-23-9-7-21(8-10-23)27(20-5-3-2-4-6-20)37-12-15-41-16-13-37/h2-6,17-18,21,23,27H,7-16,19H2,1H3,(H,35,38). The Labute approximate surface area is 260 Å². The molecule has 1 saturated heterocycles. The number of hydrogen-bond donors (Lipinski definition) is 1. The molecule has 0 radical (unpaired) electrons. The second kappa shape index (κ2) is 14.9. The lowest BCUT2D eigenvalue weighted by Crippen LogP contribution is -2.45. The van der Waals surface area contributed by atoms with Crippen LogP contribution in [0.1, 0.15) is 42.9 Å². The summed E-state index contributed by atoms with van der Waals surface area (Å²) in [6.07, 6.45) is -1.09. The molecule has 2 aromatic rings. The van der Waals surface area contributed by atoms with Gasteiger partial charge in [0.1, 0.15) is 11.5 Å². The zero-order chi connectivity index (χ0) is 31.2. The molecule has 1 heterocycles. The van der Waals surface area contributed by atoms with Gasteiger partial charge in [-0.05, 0) is 49.3 Å². The van der Waals surface area contributed by atoms with E-state index in [1.165, 1.54) is 12.6 Å². The Balaban J connectivity index is 1.23. The molecule has 1 aliphatic heterocycles. The van der Waals surface area contributed by atoms with Crippen molar-refractivity contribution in [1.82, 2.24) is 14.5 Å². The minimum Gasteiger partial charge on any atom is -0.379 e. The van der Waals surface area contributed by atoms with Gasteiger partial charge in [-0.2, -0.15) is 17.5 Å². The van der Waals surface area contributed by atoms with Crippen LogP contribution < -0.4 is 5.32 Å². The Morgan fingerprint density at radius 2 is 1.70 bits per heavy atom. The van der Waals surface area contributed by atoms with Crippen LogP contribution in [0.25, 0.3) is 0 Å². The van der Waals surface area contributed by atoms with Crippen LogP contribution in [-0.2, 0) is 30.5 Å². The third kappa shape index (κ3) is 8.84. The van der Waals surface area contributed by atoms with Gasteiger partial charge in [0.05, 0.1) is 35.4 Å². The molecule has 1 aliphatic carbocycles. The highest BCUT2D eigenvalue weighted by atomic mass is 35.5. The predicted molar refractivity (Wildman–Crippen MR) is 158 cm³/mol. The van der Waals surface area contributed by atoms with Crippen molar-refractivity contribution in [2.75, 3.05) is 53.1 Å². The number of ether oxygens (including phenoxy) is 2. The molecule has 0 bridgehead atoms. The number of benzene rings is 2. The molecule has 43 heavy (non-hydrogen) atoms. The number of alkyl halides is 3. The summed E-state index contributed by atoms with van der Waals surface area (Å²) >= 11 is 11.8. The van der Waals surface area contributed by atoms with E-state index in [9.17, 15) is 26.4 Å². The van der Waals surface area contributed by atoms with E-state index in [0.29, 0.717) is 24.1 Å². The highest BCUT2D eigenvalue weighted by molar-refractivity contribution is 7.89. The molecule has 2 aliphatic rings. The predicted octanol–water partition coefficient (Wildman–Crippen LogP) is 5.40. The van der Waals surface area contributed by atoms with E-state index in [4.69, 9.17) is 32.7 Å². The molecule has 238 valence electrons. The molecule has 0 aromatic heterocycles. The van der Waals surface area contributed by atoms with Crippen molar-refractivity contribution in [3.05, 3.63) is 63.6 Å². The van der Waals surface area contributed by atoms with Crippen LogP contribution in [0.4, 0.5) is 13.2 Å². The number of carbonyl (C=O) groups is 1. The molecule has 1 saturated carbocycles. The van der Waals surface area contributed by atoms with Crippen LogP contribution in [-0.4, -0.2) is 82.7 Å². The second-order valence-corrected chi connectivity index (χ2v) is 13.6. The largest absolute Gasteiger partial charge is 0.416 e. The Morgan fingerprint density at radius 1 is 1.09 bits per heavy atom. The number of amides is 1. The maximum absolute atomic E-state index is 13.0. The Bertz CT molecular complexity index is 1310.